The van der Waals surface area contributed by atoms with Crippen LogP contribution in [0.1, 0.15) is 59.2 Å². The summed E-state index contributed by atoms with van der Waals surface area (Å²) in [5.41, 5.74) is 3.85. The lowest BCUT2D eigenvalue weighted by Crippen LogP contribution is -2.56. The topological polar surface area (TPSA) is 119 Å². The molecule has 3 aromatic carbocycles. The van der Waals surface area contributed by atoms with Crippen LogP contribution in [-0.4, -0.2) is 76.2 Å². The van der Waals surface area contributed by atoms with Gasteiger partial charge in [-0.25, -0.2) is 0 Å². The normalized spacial score (nSPS) is 17.5. The zero-order chi connectivity index (χ0) is 32.6. The van der Waals surface area contributed by atoms with Crippen LogP contribution in [-0.2, 0) is 27.3 Å². The van der Waals surface area contributed by atoms with Gasteiger partial charge in [0.15, 0.2) is 5.78 Å². The van der Waals surface area contributed by atoms with Gasteiger partial charge in [0, 0.05) is 61.7 Å². The number of ketones is 1. The molecule has 0 saturated carbocycles. The Morgan fingerprint density at radius 1 is 0.935 bits per heavy atom. The molecule has 2 aliphatic heterocycles. The number of benzene rings is 3. The third-order valence-electron chi connectivity index (χ3n) is 8.88. The summed E-state index contributed by atoms with van der Waals surface area (Å²) in [5, 5.41) is 16.4. The summed E-state index contributed by atoms with van der Waals surface area (Å²) in [7, 11) is 0. The molecule has 0 aliphatic carbocycles. The van der Waals surface area contributed by atoms with Gasteiger partial charge in [0.2, 0.25) is 17.7 Å². The van der Waals surface area contributed by atoms with Crippen molar-refractivity contribution in [2.75, 3.05) is 25.0 Å². The minimum atomic E-state index is -0.871. The van der Waals surface area contributed by atoms with Gasteiger partial charge < -0.3 is 25.5 Å². The number of amides is 3. The Bertz CT molecular complexity index is 1560. The number of fused-ring (bicyclic) bond motifs is 1. The number of nitrogens with one attached hydrogen (secondary N) is 2. The molecule has 0 unspecified atom stereocenters. The van der Waals surface area contributed by atoms with Crippen molar-refractivity contribution in [3.8, 4) is 0 Å². The van der Waals surface area contributed by atoms with Crippen molar-refractivity contribution in [1.82, 2.24) is 15.1 Å². The Kier molecular flexibility index (Phi) is 11.2. The fourth-order valence-electron chi connectivity index (χ4n) is 6.09. The van der Waals surface area contributed by atoms with Crippen LogP contribution in [0.5, 0.6) is 0 Å². The smallest absolute Gasteiger partial charge is 0.246 e. The second-order valence-electron chi connectivity index (χ2n) is 12.2. The van der Waals surface area contributed by atoms with E-state index in [1.165, 1.54) is 0 Å². The van der Waals surface area contributed by atoms with Crippen LogP contribution in [0, 0.1) is 6.92 Å². The number of carbonyl (C=O) groups is 4. The molecule has 1 saturated heterocycles. The van der Waals surface area contributed by atoms with Crippen molar-refractivity contribution >= 4 is 40.8 Å². The fraction of sp³-hybridized carbons (Fsp3) is 0.389. The molecule has 242 valence electrons. The van der Waals surface area contributed by atoms with Gasteiger partial charge in [-0.1, -0.05) is 66.2 Å². The summed E-state index contributed by atoms with van der Waals surface area (Å²) in [6, 6.07) is 20.0. The Hall–Kier alpha value is -4.05. The number of halogens is 1. The minimum Gasteiger partial charge on any atom is -0.393 e. The standard InChI is InChI=1S/C36H41ClN4O5/c1-24-21-28(11-12-30(24)37)38-35(45)31(17-20-40-18-15-29(42)16-19-40)39-36(46)32-22-26-9-5-6-10-27(26)23-41(32)34(44)14-13-33(43)25-7-3-2-4-8-25/h2-12,21,29,31-32,42H,13-20,22-23H2,1H3,(H,38,45)(H,39,46)/t31-,32-/m0/s1. The monoisotopic (exact) mass is 644 g/mol. The highest BCUT2D eigenvalue weighted by Gasteiger charge is 2.36. The highest BCUT2D eigenvalue weighted by atomic mass is 35.5. The van der Waals surface area contributed by atoms with Gasteiger partial charge in [0.1, 0.15) is 12.1 Å². The van der Waals surface area contributed by atoms with Crippen LogP contribution in [0.15, 0.2) is 72.8 Å². The third-order valence-corrected chi connectivity index (χ3v) is 9.31. The summed E-state index contributed by atoms with van der Waals surface area (Å²) in [6.45, 7) is 4.07. The lowest BCUT2D eigenvalue weighted by Gasteiger charge is -2.37. The summed E-state index contributed by atoms with van der Waals surface area (Å²) in [6.07, 6.45) is 1.67. The highest BCUT2D eigenvalue weighted by molar-refractivity contribution is 6.31. The number of piperidine rings is 1. The Morgan fingerprint density at radius 3 is 2.35 bits per heavy atom. The van der Waals surface area contributed by atoms with E-state index in [4.69, 9.17) is 11.6 Å². The van der Waals surface area contributed by atoms with Gasteiger partial charge in [-0.3, -0.25) is 19.2 Å². The number of hydrogen-bond donors (Lipinski definition) is 3. The second-order valence-corrected chi connectivity index (χ2v) is 12.6. The van der Waals surface area contributed by atoms with Crippen molar-refractivity contribution in [3.63, 3.8) is 0 Å². The molecule has 3 N–H and O–H groups in total. The van der Waals surface area contributed by atoms with Crippen molar-refractivity contribution in [3.05, 3.63) is 100 Å². The first-order valence-electron chi connectivity index (χ1n) is 15.9. The third kappa shape index (κ3) is 8.60. The second kappa shape index (κ2) is 15.5. The fourth-order valence-corrected chi connectivity index (χ4v) is 6.21. The average molecular weight is 645 g/mol. The molecule has 0 radical (unpaired) electrons. The molecule has 0 bridgehead atoms. The number of aryl methyl sites for hydroxylation is 1. The number of Topliss-reactive ketones (excluding diaryl/α,β-unsaturated/α-hetero) is 1. The quantitative estimate of drug-likeness (QED) is 0.264. The molecule has 2 atom stereocenters. The van der Waals surface area contributed by atoms with E-state index in [1.807, 2.05) is 37.3 Å². The lowest BCUT2D eigenvalue weighted by atomic mass is 9.92. The predicted octanol–water partition coefficient (Wildman–Crippen LogP) is 4.54. The Balaban J connectivity index is 1.32. The Morgan fingerprint density at radius 2 is 1.63 bits per heavy atom. The molecule has 2 heterocycles. The summed E-state index contributed by atoms with van der Waals surface area (Å²) in [4.78, 5) is 57.8. The number of aliphatic hydroxyl groups excluding tert-OH is 1. The molecule has 5 rings (SSSR count). The first-order valence-corrected chi connectivity index (χ1v) is 16.3. The van der Waals surface area contributed by atoms with Gasteiger partial charge in [0.05, 0.1) is 6.10 Å². The number of anilines is 1. The molecular formula is C36H41ClN4O5. The number of carbonyl (C=O) groups excluding carboxylic acids is 4. The molecule has 0 spiro atoms. The molecule has 3 aromatic rings. The first-order chi connectivity index (χ1) is 22.2. The van der Waals surface area contributed by atoms with E-state index in [2.05, 4.69) is 15.5 Å². The number of rotatable bonds is 11. The summed E-state index contributed by atoms with van der Waals surface area (Å²) in [5.74, 6) is -1.20. The largest absolute Gasteiger partial charge is 0.393 e. The predicted molar refractivity (Wildman–Crippen MR) is 178 cm³/mol. The van der Waals surface area contributed by atoms with Crippen LogP contribution in [0.4, 0.5) is 5.69 Å². The van der Waals surface area contributed by atoms with Crippen LogP contribution >= 0.6 is 11.6 Å². The van der Waals surface area contributed by atoms with E-state index in [-0.39, 0.29) is 43.1 Å². The van der Waals surface area contributed by atoms with Gasteiger partial charge in [-0.05, 0) is 61.1 Å². The highest BCUT2D eigenvalue weighted by Crippen LogP contribution is 2.25. The molecule has 0 aromatic heterocycles. The zero-order valence-corrected chi connectivity index (χ0v) is 26.8. The molecular weight excluding hydrogens is 604 g/mol. The van der Waals surface area contributed by atoms with Gasteiger partial charge in [-0.2, -0.15) is 0 Å². The maximum absolute atomic E-state index is 14.0. The van der Waals surface area contributed by atoms with E-state index >= 15 is 0 Å². The number of aliphatic hydroxyl groups is 1. The maximum Gasteiger partial charge on any atom is 0.246 e. The summed E-state index contributed by atoms with van der Waals surface area (Å²) < 4.78 is 0. The Labute approximate surface area is 274 Å². The molecule has 10 heteroatoms. The van der Waals surface area contributed by atoms with E-state index in [9.17, 15) is 24.3 Å². The van der Waals surface area contributed by atoms with Gasteiger partial charge in [-0.15, -0.1) is 0 Å². The van der Waals surface area contributed by atoms with E-state index in [1.54, 1.807) is 47.4 Å². The first kappa shape index (κ1) is 33.3. The summed E-state index contributed by atoms with van der Waals surface area (Å²) >= 11 is 6.18. The molecule has 9 nitrogen and oxygen atoms in total. The maximum atomic E-state index is 14.0. The van der Waals surface area contributed by atoms with E-state index < -0.39 is 18.0 Å². The van der Waals surface area contributed by atoms with E-state index in [0.717, 1.165) is 16.7 Å². The van der Waals surface area contributed by atoms with Gasteiger partial charge >= 0.3 is 0 Å². The minimum absolute atomic E-state index is 0.0275. The van der Waals surface area contributed by atoms with Crippen molar-refractivity contribution in [2.45, 2.75) is 70.2 Å². The van der Waals surface area contributed by atoms with Crippen LogP contribution in [0.2, 0.25) is 5.02 Å². The number of hydrogen-bond acceptors (Lipinski definition) is 6. The van der Waals surface area contributed by atoms with Gasteiger partial charge in [0.25, 0.3) is 0 Å². The van der Waals surface area contributed by atoms with Crippen molar-refractivity contribution in [1.29, 1.82) is 0 Å². The van der Waals surface area contributed by atoms with Crippen molar-refractivity contribution < 1.29 is 24.3 Å². The zero-order valence-electron chi connectivity index (χ0n) is 26.1. The number of nitrogens with zero attached hydrogens (tertiary/aromatic N) is 2. The van der Waals surface area contributed by atoms with Crippen molar-refractivity contribution in [2.24, 2.45) is 0 Å². The van der Waals surface area contributed by atoms with E-state index in [0.29, 0.717) is 61.6 Å². The van der Waals surface area contributed by atoms with Crippen LogP contribution in [0.25, 0.3) is 0 Å². The van der Waals surface area contributed by atoms with Crippen LogP contribution < -0.4 is 10.6 Å². The average Bonchev–Trinajstić information content (AvgIpc) is 3.07. The molecule has 2 aliphatic rings. The molecule has 3 amide bonds. The van der Waals surface area contributed by atoms with Crippen LogP contribution in [0.3, 0.4) is 0 Å². The SMILES string of the molecule is Cc1cc(NC(=O)[C@H](CCN2CCC(O)CC2)NC(=O)[C@@H]2Cc3ccccc3CN2C(=O)CCC(=O)c2ccccc2)ccc1Cl. The molecule has 1 fully saturated rings. The lowest BCUT2D eigenvalue weighted by molar-refractivity contribution is -0.142. The number of likely N-dealkylation sites (tertiary alicyclic amines) is 1. The molecule has 46 heavy (non-hydrogen) atoms.